The van der Waals surface area contributed by atoms with E-state index in [1.165, 1.54) is 0 Å². The molecule has 1 saturated heterocycles. The molecule has 130 valence electrons. The molecule has 7 nitrogen and oxygen atoms in total. The van der Waals surface area contributed by atoms with Crippen LogP contribution >= 0.6 is 0 Å². The summed E-state index contributed by atoms with van der Waals surface area (Å²) in [5.41, 5.74) is 1.01. The number of piperidine rings is 1. The zero-order valence-corrected chi connectivity index (χ0v) is 14.8. The van der Waals surface area contributed by atoms with Gasteiger partial charge in [0.15, 0.2) is 9.84 Å². The highest BCUT2D eigenvalue weighted by molar-refractivity contribution is 7.91. The Bertz CT molecular complexity index is 641. The van der Waals surface area contributed by atoms with Crippen molar-refractivity contribution in [2.45, 2.75) is 45.2 Å². The molecule has 0 radical (unpaired) electrons. The summed E-state index contributed by atoms with van der Waals surface area (Å²) in [5.74, 6) is 0.0635. The molecule has 0 bridgehead atoms. The second kappa shape index (κ2) is 7.33. The van der Waals surface area contributed by atoms with Crippen LogP contribution in [0.3, 0.4) is 0 Å². The molecule has 1 aromatic rings. The molecule has 2 atom stereocenters. The Hall–Kier alpha value is -1.57. The molecule has 0 aliphatic carbocycles. The van der Waals surface area contributed by atoms with Crippen molar-refractivity contribution in [3.63, 3.8) is 0 Å². The van der Waals surface area contributed by atoms with E-state index in [1.807, 2.05) is 13.1 Å². The second-order valence-corrected chi connectivity index (χ2v) is 8.53. The van der Waals surface area contributed by atoms with Gasteiger partial charge in [-0.2, -0.15) is 5.10 Å². The van der Waals surface area contributed by atoms with Crippen LogP contribution in [-0.4, -0.2) is 53.2 Å². The molecule has 2 heterocycles. The monoisotopic (exact) mass is 342 g/mol. The van der Waals surface area contributed by atoms with E-state index in [9.17, 15) is 13.2 Å². The van der Waals surface area contributed by atoms with Gasteiger partial charge < -0.3 is 10.2 Å². The number of aryl methyl sites for hydroxylation is 1. The van der Waals surface area contributed by atoms with Crippen LogP contribution < -0.4 is 5.32 Å². The Morgan fingerprint density at radius 3 is 2.83 bits per heavy atom. The molecular weight excluding hydrogens is 316 g/mol. The van der Waals surface area contributed by atoms with Crippen molar-refractivity contribution in [2.24, 2.45) is 7.05 Å². The Labute approximate surface area is 138 Å². The van der Waals surface area contributed by atoms with Gasteiger partial charge in [0.2, 0.25) is 0 Å². The van der Waals surface area contributed by atoms with Gasteiger partial charge >= 0.3 is 6.03 Å². The number of urea groups is 1. The Balaban J connectivity index is 2.05. The molecule has 0 aromatic carbocycles. The van der Waals surface area contributed by atoms with Crippen molar-refractivity contribution in [2.75, 3.05) is 18.1 Å². The molecule has 23 heavy (non-hydrogen) atoms. The lowest BCUT2D eigenvalue weighted by molar-refractivity contribution is 0.146. The van der Waals surface area contributed by atoms with Crippen LogP contribution in [0.25, 0.3) is 0 Å². The lowest BCUT2D eigenvalue weighted by Gasteiger charge is -2.36. The van der Waals surface area contributed by atoms with E-state index in [1.54, 1.807) is 29.6 Å². The molecule has 8 heteroatoms. The SMILES string of the molecule is CCS(=O)(=O)C[C@@H](C)NC(=O)N1CCCC[C@H]1c1ccnn1C. The molecular formula is C15H26N4O3S. The third-order valence-electron chi connectivity index (χ3n) is 4.28. The predicted molar refractivity (Wildman–Crippen MR) is 88.8 cm³/mol. The molecule has 0 saturated carbocycles. The standard InChI is InChI=1S/C15H26N4O3S/c1-4-23(21,22)11-12(2)17-15(20)19-10-6-5-7-14(19)13-8-9-16-18(13)3/h8-9,12,14H,4-7,10-11H2,1-3H3,(H,17,20)/t12-,14+/m1/s1. The minimum atomic E-state index is -3.11. The Morgan fingerprint density at radius 1 is 1.48 bits per heavy atom. The minimum Gasteiger partial charge on any atom is -0.334 e. The quantitative estimate of drug-likeness (QED) is 0.878. The van der Waals surface area contributed by atoms with Crippen LogP contribution in [0.4, 0.5) is 4.79 Å². The highest BCUT2D eigenvalue weighted by Crippen LogP contribution is 2.30. The molecule has 2 rings (SSSR count). The topological polar surface area (TPSA) is 84.3 Å². The molecule has 1 aliphatic heterocycles. The van der Waals surface area contributed by atoms with Crippen LogP contribution in [0.15, 0.2) is 12.3 Å². The fourth-order valence-corrected chi connectivity index (χ4v) is 4.11. The van der Waals surface area contributed by atoms with E-state index in [4.69, 9.17) is 0 Å². The smallest absolute Gasteiger partial charge is 0.318 e. The average Bonchev–Trinajstić information content (AvgIpc) is 2.92. The maximum absolute atomic E-state index is 12.6. The average molecular weight is 342 g/mol. The van der Waals surface area contributed by atoms with Crippen LogP contribution in [0, 0.1) is 0 Å². The first kappa shape index (κ1) is 17.8. The zero-order chi connectivity index (χ0) is 17.0. The summed E-state index contributed by atoms with van der Waals surface area (Å²) in [5, 5.41) is 7.01. The van der Waals surface area contributed by atoms with E-state index in [-0.39, 0.29) is 23.6 Å². The molecule has 2 amide bonds. The second-order valence-electron chi connectivity index (χ2n) is 6.13. The number of carbonyl (C=O) groups is 1. The van der Waals surface area contributed by atoms with Crippen molar-refractivity contribution >= 4 is 15.9 Å². The van der Waals surface area contributed by atoms with E-state index in [0.29, 0.717) is 6.54 Å². The minimum absolute atomic E-state index is 0.00812. The van der Waals surface area contributed by atoms with Gasteiger partial charge in [0.05, 0.1) is 17.5 Å². The van der Waals surface area contributed by atoms with Crippen LogP contribution in [0.2, 0.25) is 0 Å². The van der Waals surface area contributed by atoms with Gasteiger partial charge in [-0.15, -0.1) is 0 Å². The third kappa shape index (κ3) is 4.46. The molecule has 1 fully saturated rings. The number of aromatic nitrogens is 2. The summed E-state index contributed by atoms with van der Waals surface area (Å²) in [6, 6.07) is 1.32. The normalized spacial score (nSPS) is 20.3. The van der Waals surface area contributed by atoms with Crippen LogP contribution in [-0.2, 0) is 16.9 Å². The number of sulfone groups is 1. The summed E-state index contributed by atoms with van der Waals surface area (Å²) in [4.78, 5) is 14.4. The van der Waals surface area contributed by atoms with Gasteiger partial charge in [-0.25, -0.2) is 13.2 Å². The van der Waals surface area contributed by atoms with Crippen LogP contribution in [0.1, 0.15) is 44.8 Å². The van der Waals surface area contributed by atoms with E-state index in [0.717, 1.165) is 25.0 Å². The summed E-state index contributed by atoms with van der Waals surface area (Å²) < 4.78 is 25.2. The molecule has 1 aromatic heterocycles. The van der Waals surface area contributed by atoms with Crippen LogP contribution in [0.5, 0.6) is 0 Å². The van der Waals surface area contributed by atoms with Crippen molar-refractivity contribution in [3.05, 3.63) is 18.0 Å². The predicted octanol–water partition coefficient (Wildman–Crippen LogP) is 1.48. The lowest BCUT2D eigenvalue weighted by atomic mass is 9.99. The van der Waals surface area contributed by atoms with Gasteiger partial charge in [0.1, 0.15) is 0 Å². The van der Waals surface area contributed by atoms with Crippen molar-refractivity contribution in [1.29, 1.82) is 0 Å². The number of hydrogen-bond acceptors (Lipinski definition) is 4. The summed E-state index contributed by atoms with van der Waals surface area (Å²) in [7, 11) is -1.23. The molecule has 0 spiro atoms. The number of likely N-dealkylation sites (tertiary alicyclic amines) is 1. The van der Waals surface area contributed by atoms with Gasteiger partial charge in [-0.1, -0.05) is 6.92 Å². The molecule has 0 unspecified atom stereocenters. The lowest BCUT2D eigenvalue weighted by Crippen LogP contribution is -2.49. The number of carbonyl (C=O) groups excluding carboxylic acids is 1. The van der Waals surface area contributed by atoms with Crippen molar-refractivity contribution in [1.82, 2.24) is 20.0 Å². The number of nitrogens with zero attached hydrogens (tertiary/aromatic N) is 3. The summed E-state index contributed by atoms with van der Waals surface area (Å²) >= 11 is 0. The van der Waals surface area contributed by atoms with Crippen molar-refractivity contribution < 1.29 is 13.2 Å². The highest BCUT2D eigenvalue weighted by atomic mass is 32.2. The van der Waals surface area contributed by atoms with E-state index < -0.39 is 15.9 Å². The largest absolute Gasteiger partial charge is 0.334 e. The summed E-state index contributed by atoms with van der Waals surface area (Å²) in [6.45, 7) is 4.02. The van der Waals surface area contributed by atoms with Gasteiger partial charge in [-0.05, 0) is 32.3 Å². The van der Waals surface area contributed by atoms with E-state index >= 15 is 0 Å². The number of amides is 2. The third-order valence-corrected chi connectivity index (χ3v) is 6.17. The first-order valence-electron chi connectivity index (χ1n) is 8.09. The first-order chi connectivity index (χ1) is 10.8. The molecule has 1 aliphatic rings. The number of hydrogen-bond donors (Lipinski definition) is 1. The number of nitrogens with one attached hydrogen (secondary N) is 1. The van der Waals surface area contributed by atoms with Gasteiger partial charge in [0, 0.05) is 31.6 Å². The molecule has 1 N–H and O–H groups in total. The Morgan fingerprint density at radius 2 is 2.22 bits per heavy atom. The Kier molecular flexibility index (Phi) is 5.67. The summed E-state index contributed by atoms with van der Waals surface area (Å²) in [6.07, 6.45) is 4.66. The van der Waals surface area contributed by atoms with E-state index in [2.05, 4.69) is 10.4 Å². The maximum atomic E-state index is 12.6. The number of rotatable bonds is 5. The fraction of sp³-hybridized carbons (Fsp3) is 0.733. The maximum Gasteiger partial charge on any atom is 0.318 e. The van der Waals surface area contributed by atoms with Crippen molar-refractivity contribution in [3.8, 4) is 0 Å². The fourth-order valence-electron chi connectivity index (χ4n) is 3.03. The first-order valence-corrected chi connectivity index (χ1v) is 9.91. The zero-order valence-electron chi connectivity index (χ0n) is 14.0. The highest BCUT2D eigenvalue weighted by Gasteiger charge is 2.30. The van der Waals surface area contributed by atoms with Gasteiger partial charge in [-0.3, -0.25) is 4.68 Å². The van der Waals surface area contributed by atoms with Gasteiger partial charge in [0.25, 0.3) is 0 Å².